The molecule has 1 aromatic heterocycles. The van der Waals surface area contributed by atoms with Crippen molar-refractivity contribution in [1.82, 2.24) is 9.29 Å². The minimum absolute atomic E-state index is 0.0382. The zero-order valence-corrected chi connectivity index (χ0v) is 13.8. The van der Waals surface area contributed by atoms with Crippen LogP contribution in [-0.4, -0.2) is 24.8 Å². The van der Waals surface area contributed by atoms with Crippen molar-refractivity contribution >= 4 is 21.1 Å². The summed E-state index contributed by atoms with van der Waals surface area (Å²) in [5.41, 5.74) is 1.28. The number of halogens is 2. The van der Waals surface area contributed by atoms with Gasteiger partial charge in [0.05, 0.1) is 4.90 Å². The van der Waals surface area contributed by atoms with Crippen LogP contribution < -0.4 is 0 Å². The number of aryl methyl sites for hydroxylation is 1. The number of nitrogens with zero attached hydrogens (tertiary/aromatic N) is 2. The van der Waals surface area contributed by atoms with E-state index in [9.17, 15) is 17.2 Å². The summed E-state index contributed by atoms with van der Waals surface area (Å²) in [6.07, 6.45) is 0. The molecule has 5 nitrogen and oxygen atoms in total. The van der Waals surface area contributed by atoms with Crippen LogP contribution >= 0.6 is 0 Å². The normalized spacial score (nSPS) is 12.2. The number of oxazole rings is 1. The van der Waals surface area contributed by atoms with Gasteiger partial charge in [-0.2, -0.15) is 4.31 Å². The Labute approximate surface area is 137 Å². The van der Waals surface area contributed by atoms with Crippen molar-refractivity contribution in [3.05, 3.63) is 59.5 Å². The smallest absolute Gasteiger partial charge is 0.243 e. The maximum atomic E-state index is 13.3. The molecule has 2 aromatic carbocycles. The molecule has 0 aliphatic heterocycles. The van der Waals surface area contributed by atoms with Crippen molar-refractivity contribution in [3.63, 3.8) is 0 Å². The Morgan fingerprint density at radius 3 is 2.58 bits per heavy atom. The highest BCUT2D eigenvalue weighted by Gasteiger charge is 2.22. The Morgan fingerprint density at radius 2 is 1.88 bits per heavy atom. The molecule has 3 aromatic rings. The monoisotopic (exact) mass is 352 g/mol. The van der Waals surface area contributed by atoms with E-state index in [-0.39, 0.29) is 11.4 Å². The van der Waals surface area contributed by atoms with Crippen molar-refractivity contribution < 1.29 is 21.6 Å². The molecule has 0 atom stereocenters. The van der Waals surface area contributed by atoms with Crippen LogP contribution in [0.5, 0.6) is 0 Å². The van der Waals surface area contributed by atoms with Gasteiger partial charge in [-0.3, -0.25) is 0 Å². The summed E-state index contributed by atoms with van der Waals surface area (Å²) in [5, 5.41) is 0. The van der Waals surface area contributed by atoms with Crippen LogP contribution in [-0.2, 0) is 16.6 Å². The Balaban J connectivity index is 1.90. The van der Waals surface area contributed by atoms with Gasteiger partial charge in [-0.25, -0.2) is 22.2 Å². The first-order valence-electron chi connectivity index (χ1n) is 7.05. The van der Waals surface area contributed by atoms with Crippen LogP contribution in [0, 0.1) is 18.6 Å². The molecular weight excluding hydrogens is 338 g/mol. The maximum absolute atomic E-state index is 13.3. The molecule has 0 spiro atoms. The van der Waals surface area contributed by atoms with E-state index in [1.54, 1.807) is 13.0 Å². The number of rotatable bonds is 4. The summed E-state index contributed by atoms with van der Waals surface area (Å²) < 4.78 is 57.9. The molecule has 24 heavy (non-hydrogen) atoms. The van der Waals surface area contributed by atoms with E-state index >= 15 is 0 Å². The van der Waals surface area contributed by atoms with E-state index in [4.69, 9.17) is 4.42 Å². The molecule has 0 aliphatic rings. The fourth-order valence-electron chi connectivity index (χ4n) is 2.34. The lowest BCUT2D eigenvalue weighted by atomic mass is 10.2. The molecule has 0 saturated carbocycles. The third kappa shape index (κ3) is 3.02. The van der Waals surface area contributed by atoms with Crippen molar-refractivity contribution in [3.8, 4) is 0 Å². The van der Waals surface area contributed by atoms with Crippen molar-refractivity contribution in [2.75, 3.05) is 7.05 Å². The van der Waals surface area contributed by atoms with E-state index in [1.807, 2.05) is 0 Å². The molecule has 3 rings (SSSR count). The van der Waals surface area contributed by atoms with Crippen molar-refractivity contribution in [2.24, 2.45) is 0 Å². The molecule has 126 valence electrons. The van der Waals surface area contributed by atoms with Crippen molar-refractivity contribution in [1.29, 1.82) is 0 Å². The quantitative estimate of drug-likeness (QED) is 0.723. The summed E-state index contributed by atoms with van der Waals surface area (Å²) in [7, 11) is -2.45. The molecule has 0 aliphatic carbocycles. The average Bonchev–Trinajstić information content (AvgIpc) is 2.90. The first kappa shape index (κ1) is 16.5. The number of hydrogen-bond donors (Lipinski definition) is 0. The lowest BCUT2D eigenvalue weighted by Gasteiger charge is -2.17. The highest BCUT2D eigenvalue weighted by atomic mass is 32.2. The second-order valence-corrected chi connectivity index (χ2v) is 7.42. The van der Waals surface area contributed by atoms with Gasteiger partial charge in [0.25, 0.3) is 0 Å². The van der Waals surface area contributed by atoms with Gasteiger partial charge in [0.1, 0.15) is 5.52 Å². The van der Waals surface area contributed by atoms with Crippen LogP contribution in [0.25, 0.3) is 11.1 Å². The second-order valence-electron chi connectivity index (χ2n) is 5.37. The molecule has 0 bridgehead atoms. The number of fused-ring (bicyclic) bond motifs is 1. The minimum atomic E-state index is -3.81. The fourth-order valence-corrected chi connectivity index (χ4v) is 3.52. The predicted molar refractivity (Wildman–Crippen MR) is 83.8 cm³/mol. The van der Waals surface area contributed by atoms with Crippen molar-refractivity contribution in [2.45, 2.75) is 18.4 Å². The van der Waals surface area contributed by atoms with Gasteiger partial charge in [-0.15, -0.1) is 0 Å². The lowest BCUT2D eigenvalue weighted by Crippen LogP contribution is -2.26. The lowest BCUT2D eigenvalue weighted by molar-refractivity contribution is 0.461. The van der Waals surface area contributed by atoms with Gasteiger partial charge in [0, 0.05) is 26.6 Å². The van der Waals surface area contributed by atoms with Crippen LogP contribution in [0.3, 0.4) is 0 Å². The van der Waals surface area contributed by atoms with E-state index < -0.39 is 21.7 Å². The van der Waals surface area contributed by atoms with Gasteiger partial charge in [0.15, 0.2) is 23.1 Å². The first-order valence-corrected chi connectivity index (χ1v) is 8.49. The Kier molecular flexibility index (Phi) is 4.10. The molecule has 0 amide bonds. The molecule has 0 unspecified atom stereocenters. The Hall–Kier alpha value is -2.32. The Morgan fingerprint density at radius 1 is 1.12 bits per heavy atom. The first-order chi connectivity index (χ1) is 11.3. The summed E-state index contributed by atoms with van der Waals surface area (Å²) in [5.74, 6) is -1.55. The van der Waals surface area contributed by atoms with E-state index in [0.29, 0.717) is 22.6 Å². The largest absolute Gasteiger partial charge is 0.441 e. The van der Waals surface area contributed by atoms with Gasteiger partial charge in [0.2, 0.25) is 10.0 Å². The van der Waals surface area contributed by atoms with E-state index in [0.717, 1.165) is 16.4 Å². The molecule has 0 N–H and O–H groups in total. The van der Waals surface area contributed by atoms with Crippen LogP contribution in [0.2, 0.25) is 0 Å². The number of benzene rings is 2. The van der Waals surface area contributed by atoms with Crippen LogP contribution in [0.1, 0.15) is 11.5 Å². The topological polar surface area (TPSA) is 63.4 Å². The van der Waals surface area contributed by atoms with E-state index in [2.05, 4.69) is 4.98 Å². The SMILES string of the molecule is Cc1nc2ccc(S(=O)(=O)N(C)Cc3ccc(F)c(F)c3)cc2o1. The molecular formula is C16H14F2N2O3S. The standard InChI is InChI=1S/C16H14F2N2O3S/c1-10-19-15-6-4-12(8-16(15)23-10)24(21,22)20(2)9-11-3-5-13(17)14(18)7-11/h3-8H,9H2,1-2H3. The summed E-state index contributed by atoms with van der Waals surface area (Å²) in [6, 6.07) is 7.67. The number of hydrogen-bond acceptors (Lipinski definition) is 4. The minimum Gasteiger partial charge on any atom is -0.441 e. The van der Waals surface area contributed by atoms with Gasteiger partial charge in [-0.05, 0) is 29.8 Å². The second kappa shape index (κ2) is 5.95. The number of aromatic nitrogens is 1. The fraction of sp³-hybridized carbons (Fsp3) is 0.188. The highest BCUT2D eigenvalue weighted by Crippen LogP contribution is 2.23. The van der Waals surface area contributed by atoms with Gasteiger partial charge < -0.3 is 4.42 Å². The molecule has 1 heterocycles. The third-order valence-electron chi connectivity index (χ3n) is 3.56. The van der Waals surface area contributed by atoms with Gasteiger partial charge >= 0.3 is 0 Å². The molecule has 0 saturated heterocycles. The van der Waals surface area contributed by atoms with Gasteiger partial charge in [-0.1, -0.05) is 6.07 Å². The molecule has 8 heteroatoms. The predicted octanol–water partition coefficient (Wildman–Crippen LogP) is 3.24. The summed E-state index contributed by atoms with van der Waals surface area (Å²) >= 11 is 0. The Bertz CT molecular complexity index is 1020. The van der Waals surface area contributed by atoms with Crippen LogP contribution in [0.15, 0.2) is 45.7 Å². The summed E-state index contributed by atoms with van der Waals surface area (Å²) in [4.78, 5) is 4.15. The van der Waals surface area contributed by atoms with E-state index in [1.165, 1.54) is 25.2 Å². The zero-order valence-electron chi connectivity index (χ0n) is 13.0. The zero-order chi connectivity index (χ0) is 17.5. The number of sulfonamides is 1. The van der Waals surface area contributed by atoms with Crippen LogP contribution in [0.4, 0.5) is 8.78 Å². The third-order valence-corrected chi connectivity index (χ3v) is 5.36. The average molecular weight is 352 g/mol. The summed E-state index contributed by atoms with van der Waals surface area (Å²) in [6.45, 7) is 1.58. The maximum Gasteiger partial charge on any atom is 0.243 e. The molecule has 0 fully saturated rings. The highest BCUT2D eigenvalue weighted by molar-refractivity contribution is 7.89. The molecule has 0 radical (unpaired) electrons.